The molecule has 0 fully saturated rings. The highest BCUT2D eigenvalue weighted by Gasteiger charge is 1.82. The minimum absolute atomic E-state index is 0.440. The lowest BCUT2D eigenvalue weighted by Gasteiger charge is -1.90. The van der Waals surface area contributed by atoms with E-state index in [9.17, 15) is 0 Å². The minimum atomic E-state index is 0.440. The zero-order chi connectivity index (χ0) is 7.98. The van der Waals surface area contributed by atoms with E-state index in [1.807, 2.05) is 6.26 Å². The Bertz CT molecular complexity index is 172. The van der Waals surface area contributed by atoms with Gasteiger partial charge in [-0.2, -0.15) is 0 Å². The molecule has 0 aliphatic carbocycles. The first kappa shape index (κ1) is 9.10. The van der Waals surface area contributed by atoms with E-state index in [-0.39, 0.29) is 0 Å². The van der Waals surface area contributed by atoms with Gasteiger partial charge >= 0.3 is 0 Å². The fraction of sp³-hybridized carbons (Fsp3) is 0.167. The first-order valence-corrected chi connectivity index (χ1v) is 3.87. The van der Waals surface area contributed by atoms with Crippen molar-refractivity contribution >= 4 is 18.0 Å². The van der Waals surface area contributed by atoms with Crippen molar-refractivity contribution in [3.63, 3.8) is 0 Å². The lowest BCUT2D eigenvalue weighted by Crippen LogP contribution is -2.01. The molecule has 0 aromatic rings. The summed E-state index contributed by atoms with van der Waals surface area (Å²) in [4.78, 5) is 3.88. The first-order valence-electron chi connectivity index (χ1n) is 2.65. The molecule has 0 radical (unpaired) electrons. The third-order valence-corrected chi connectivity index (χ3v) is 1.36. The Morgan fingerprint density at radius 3 is 2.70 bits per heavy atom. The van der Waals surface area contributed by atoms with Crippen molar-refractivity contribution in [2.45, 2.75) is 0 Å². The van der Waals surface area contributed by atoms with E-state index in [4.69, 9.17) is 11.5 Å². The molecule has 4 heteroatoms. The summed E-state index contributed by atoms with van der Waals surface area (Å²) in [5, 5.41) is 0.713. The normalized spacial score (nSPS) is 12.3. The lowest BCUT2D eigenvalue weighted by atomic mass is 10.5. The van der Waals surface area contributed by atoms with Crippen LogP contribution in [0.2, 0.25) is 0 Å². The van der Waals surface area contributed by atoms with Gasteiger partial charge < -0.3 is 11.5 Å². The number of thioether (sulfide) groups is 1. The maximum absolute atomic E-state index is 5.31. The smallest absolute Gasteiger partial charge is 0.0886 e. The van der Waals surface area contributed by atoms with Gasteiger partial charge in [-0.05, 0) is 6.26 Å². The molecule has 0 rings (SSSR count). The second kappa shape index (κ2) is 4.93. The van der Waals surface area contributed by atoms with Gasteiger partial charge in [0.1, 0.15) is 0 Å². The third kappa shape index (κ3) is 4.03. The molecule has 0 amide bonds. The standard InChI is InChI=1S/C6H11N3S/c1-5(10-2)9-4-6(8)3-7/h3-4H,1,7-8H2,2H3/b6-3+,9-4-. The molecule has 0 atom stereocenters. The zero-order valence-corrected chi connectivity index (χ0v) is 6.69. The third-order valence-electron chi connectivity index (χ3n) is 0.786. The predicted octanol–water partition coefficient (Wildman–Crippen LogP) is 0.650. The van der Waals surface area contributed by atoms with Gasteiger partial charge in [0.05, 0.1) is 16.9 Å². The van der Waals surface area contributed by atoms with Crippen LogP contribution in [0.5, 0.6) is 0 Å². The van der Waals surface area contributed by atoms with Crippen molar-refractivity contribution in [1.29, 1.82) is 0 Å². The zero-order valence-electron chi connectivity index (χ0n) is 5.87. The molecule has 0 unspecified atom stereocenters. The average molecular weight is 157 g/mol. The second-order valence-electron chi connectivity index (χ2n) is 1.52. The first-order chi connectivity index (χ1) is 4.70. The van der Waals surface area contributed by atoms with E-state index in [0.717, 1.165) is 0 Å². The molecule has 3 nitrogen and oxygen atoms in total. The number of nitrogens with zero attached hydrogens (tertiary/aromatic N) is 1. The monoisotopic (exact) mass is 157 g/mol. The molecule has 0 spiro atoms. The van der Waals surface area contributed by atoms with E-state index < -0.39 is 0 Å². The molecule has 0 aromatic heterocycles. The molecule has 4 N–H and O–H groups in total. The van der Waals surface area contributed by atoms with Gasteiger partial charge in [-0.1, -0.05) is 6.58 Å². The Kier molecular flexibility index (Phi) is 4.49. The van der Waals surface area contributed by atoms with Gasteiger partial charge in [-0.15, -0.1) is 11.8 Å². The Morgan fingerprint density at radius 1 is 1.70 bits per heavy atom. The summed E-state index contributed by atoms with van der Waals surface area (Å²) in [6.07, 6.45) is 4.65. The second-order valence-corrected chi connectivity index (χ2v) is 2.40. The molecular formula is C6H11N3S. The molecular weight excluding hydrogens is 146 g/mol. The van der Waals surface area contributed by atoms with Crippen molar-refractivity contribution in [1.82, 2.24) is 0 Å². The Balaban J connectivity index is 3.88. The summed E-state index contributed by atoms with van der Waals surface area (Å²) < 4.78 is 0. The van der Waals surface area contributed by atoms with Crippen LogP contribution in [0.1, 0.15) is 0 Å². The number of hydrogen-bond donors (Lipinski definition) is 2. The van der Waals surface area contributed by atoms with Crippen LogP contribution >= 0.6 is 11.8 Å². The largest absolute Gasteiger partial charge is 0.403 e. The predicted molar refractivity (Wildman–Crippen MR) is 47.6 cm³/mol. The van der Waals surface area contributed by atoms with Gasteiger partial charge in [0.15, 0.2) is 0 Å². The van der Waals surface area contributed by atoms with Crippen LogP contribution in [0.15, 0.2) is 28.5 Å². The van der Waals surface area contributed by atoms with Crippen molar-refractivity contribution in [3.05, 3.63) is 23.5 Å². The van der Waals surface area contributed by atoms with Crippen molar-refractivity contribution in [2.24, 2.45) is 16.5 Å². The SMILES string of the molecule is C=C(/N=C\C(N)=C/N)SC. The van der Waals surface area contributed by atoms with Crippen LogP contribution in [-0.2, 0) is 0 Å². The van der Waals surface area contributed by atoms with E-state index >= 15 is 0 Å². The molecule has 0 saturated heterocycles. The summed E-state index contributed by atoms with van der Waals surface area (Å²) in [5.74, 6) is 0. The van der Waals surface area contributed by atoms with E-state index in [2.05, 4.69) is 11.6 Å². The molecule has 0 heterocycles. The molecule has 0 saturated carbocycles. The van der Waals surface area contributed by atoms with Gasteiger partial charge in [0.2, 0.25) is 0 Å². The number of nitrogens with two attached hydrogens (primary N) is 2. The number of rotatable bonds is 3. The molecule has 56 valence electrons. The van der Waals surface area contributed by atoms with Crippen LogP contribution in [0, 0.1) is 0 Å². The molecule has 0 aliphatic heterocycles. The summed E-state index contributed by atoms with van der Waals surface area (Å²) >= 11 is 1.46. The van der Waals surface area contributed by atoms with Gasteiger partial charge in [0.25, 0.3) is 0 Å². The maximum atomic E-state index is 5.31. The fourth-order valence-corrected chi connectivity index (χ4v) is 0.400. The van der Waals surface area contributed by atoms with E-state index in [1.54, 1.807) is 0 Å². The topological polar surface area (TPSA) is 64.4 Å². The van der Waals surface area contributed by atoms with Crippen LogP contribution in [0.4, 0.5) is 0 Å². The molecule has 0 bridgehead atoms. The van der Waals surface area contributed by atoms with E-state index in [1.165, 1.54) is 24.2 Å². The highest BCUT2D eigenvalue weighted by Crippen LogP contribution is 2.07. The van der Waals surface area contributed by atoms with Gasteiger partial charge in [0, 0.05) is 6.20 Å². The van der Waals surface area contributed by atoms with Crippen molar-refractivity contribution < 1.29 is 0 Å². The van der Waals surface area contributed by atoms with Crippen molar-refractivity contribution in [3.8, 4) is 0 Å². The molecule has 0 aromatic carbocycles. The van der Waals surface area contributed by atoms with Crippen LogP contribution in [0.25, 0.3) is 0 Å². The fourth-order valence-electron chi connectivity index (χ4n) is 0.242. The lowest BCUT2D eigenvalue weighted by molar-refractivity contribution is 1.41. The molecule has 10 heavy (non-hydrogen) atoms. The maximum Gasteiger partial charge on any atom is 0.0886 e. The Hall–Kier alpha value is -0.900. The van der Waals surface area contributed by atoms with Crippen LogP contribution in [-0.4, -0.2) is 12.5 Å². The average Bonchev–Trinajstić information content (AvgIpc) is 1.99. The van der Waals surface area contributed by atoms with E-state index in [0.29, 0.717) is 10.7 Å². The Labute approximate surface area is 64.9 Å². The summed E-state index contributed by atoms with van der Waals surface area (Å²) in [5.41, 5.74) is 10.8. The highest BCUT2D eigenvalue weighted by molar-refractivity contribution is 8.02. The minimum Gasteiger partial charge on any atom is -0.403 e. The number of aliphatic imine (C=N–C) groups is 1. The summed E-state index contributed by atoms with van der Waals surface area (Å²) in [7, 11) is 0. The van der Waals surface area contributed by atoms with Gasteiger partial charge in [-0.25, -0.2) is 4.99 Å². The quantitative estimate of drug-likeness (QED) is 0.591. The van der Waals surface area contributed by atoms with Gasteiger partial charge in [-0.3, -0.25) is 0 Å². The summed E-state index contributed by atoms with van der Waals surface area (Å²) in [6.45, 7) is 3.62. The Morgan fingerprint density at radius 2 is 2.30 bits per heavy atom. The van der Waals surface area contributed by atoms with Crippen molar-refractivity contribution in [2.75, 3.05) is 6.26 Å². The van der Waals surface area contributed by atoms with Crippen LogP contribution in [0.3, 0.4) is 0 Å². The van der Waals surface area contributed by atoms with Crippen LogP contribution < -0.4 is 11.5 Å². The summed E-state index contributed by atoms with van der Waals surface area (Å²) in [6, 6.07) is 0. The number of hydrogen-bond acceptors (Lipinski definition) is 4. The molecule has 0 aliphatic rings. The highest BCUT2D eigenvalue weighted by atomic mass is 32.2. The number of allylic oxidation sites excluding steroid dienone is 1.